The van der Waals surface area contributed by atoms with Crippen molar-refractivity contribution in [2.45, 2.75) is 59.3 Å². The van der Waals surface area contributed by atoms with Crippen molar-refractivity contribution in [2.24, 2.45) is 17.6 Å². The van der Waals surface area contributed by atoms with Crippen LogP contribution in [0.4, 0.5) is 0 Å². The number of hydrogen-bond acceptors (Lipinski definition) is 6. The minimum atomic E-state index is -0.396. The zero-order valence-electron chi connectivity index (χ0n) is 18.4. The number of primary amides is 1. The van der Waals surface area contributed by atoms with Crippen molar-refractivity contribution in [1.82, 2.24) is 24.6 Å². The number of hydrogen-bond donors (Lipinski definition) is 2. The zero-order valence-corrected chi connectivity index (χ0v) is 19.2. The summed E-state index contributed by atoms with van der Waals surface area (Å²) in [6.45, 7) is 8.71. The molecule has 9 nitrogen and oxygen atoms in total. The van der Waals surface area contributed by atoms with Gasteiger partial charge in [0.25, 0.3) is 0 Å². The second kappa shape index (κ2) is 10.2. The van der Waals surface area contributed by atoms with Crippen LogP contribution in [0.25, 0.3) is 11.6 Å². The first-order chi connectivity index (χ1) is 14.8. The minimum Gasteiger partial charge on any atom is -0.461 e. The molecule has 0 spiro atoms. The number of aromatic nitrogens is 3. The van der Waals surface area contributed by atoms with Gasteiger partial charge in [-0.3, -0.25) is 19.1 Å². The van der Waals surface area contributed by atoms with Crippen LogP contribution in [0.1, 0.15) is 40.0 Å². The molecule has 1 fully saturated rings. The molecule has 10 heteroatoms. The molecule has 1 saturated heterocycles. The lowest BCUT2D eigenvalue weighted by atomic mass is 9.95. The molecule has 0 aliphatic carbocycles. The smallest absolute Gasteiger partial charge is 0.223 e. The number of carbonyl (C=O) groups excluding carboxylic acids is 2. The van der Waals surface area contributed by atoms with Crippen molar-refractivity contribution < 1.29 is 14.0 Å². The van der Waals surface area contributed by atoms with E-state index in [0.29, 0.717) is 35.5 Å². The Kier molecular flexibility index (Phi) is 7.66. The molecule has 2 aromatic heterocycles. The maximum atomic E-state index is 12.5. The fraction of sp³-hybridized carbons (Fsp3) is 0.619. The number of nitrogens with one attached hydrogen (secondary N) is 1. The molecule has 3 heterocycles. The van der Waals surface area contributed by atoms with Gasteiger partial charge in [-0.25, -0.2) is 4.68 Å². The van der Waals surface area contributed by atoms with Crippen LogP contribution in [-0.4, -0.2) is 50.2 Å². The van der Waals surface area contributed by atoms with E-state index in [1.54, 1.807) is 21.6 Å². The van der Waals surface area contributed by atoms with Crippen LogP contribution in [0.3, 0.4) is 0 Å². The summed E-state index contributed by atoms with van der Waals surface area (Å²) in [6, 6.07) is 3.77. The fourth-order valence-electron chi connectivity index (χ4n) is 3.58. The number of nitrogens with zero attached hydrogens (tertiary/aromatic N) is 4. The molecule has 3 rings (SSSR count). The van der Waals surface area contributed by atoms with E-state index < -0.39 is 5.91 Å². The molecule has 0 aromatic carbocycles. The predicted molar refractivity (Wildman–Crippen MR) is 119 cm³/mol. The Hall–Kier alpha value is -2.46. The van der Waals surface area contributed by atoms with E-state index in [9.17, 15) is 9.59 Å². The molecule has 31 heavy (non-hydrogen) atoms. The summed E-state index contributed by atoms with van der Waals surface area (Å²) in [5, 5.41) is 7.77. The van der Waals surface area contributed by atoms with Crippen LogP contribution in [0.15, 0.2) is 22.8 Å². The molecule has 1 unspecified atom stereocenters. The fourth-order valence-corrected chi connectivity index (χ4v) is 3.86. The molecule has 1 aliphatic heterocycles. The van der Waals surface area contributed by atoms with Crippen LogP contribution in [0.5, 0.6) is 0 Å². The van der Waals surface area contributed by atoms with Crippen LogP contribution in [-0.2, 0) is 22.8 Å². The molecular formula is C21H32N6O3S. The zero-order chi connectivity index (χ0) is 22.5. The first kappa shape index (κ1) is 23.2. The first-order valence-corrected chi connectivity index (χ1v) is 11.2. The van der Waals surface area contributed by atoms with E-state index in [-0.39, 0.29) is 24.3 Å². The first-order valence-electron chi connectivity index (χ1n) is 10.8. The van der Waals surface area contributed by atoms with Gasteiger partial charge < -0.3 is 15.5 Å². The van der Waals surface area contributed by atoms with Gasteiger partial charge >= 0.3 is 0 Å². The number of carbonyl (C=O) groups is 2. The lowest BCUT2D eigenvalue weighted by Gasteiger charge is -2.31. The van der Waals surface area contributed by atoms with Gasteiger partial charge in [-0.1, -0.05) is 13.8 Å². The normalized spacial score (nSPS) is 16.5. The Morgan fingerprint density at radius 1 is 1.32 bits per heavy atom. The van der Waals surface area contributed by atoms with Crippen LogP contribution in [0, 0.1) is 16.6 Å². The number of rotatable bonds is 9. The summed E-state index contributed by atoms with van der Waals surface area (Å²) < 4.78 is 9.54. The van der Waals surface area contributed by atoms with Crippen LogP contribution >= 0.6 is 12.2 Å². The maximum Gasteiger partial charge on any atom is 0.223 e. The largest absolute Gasteiger partial charge is 0.461 e. The summed E-state index contributed by atoms with van der Waals surface area (Å²) in [4.78, 5) is 26.0. The van der Waals surface area contributed by atoms with Crippen molar-refractivity contribution in [3.05, 3.63) is 23.2 Å². The van der Waals surface area contributed by atoms with Gasteiger partial charge in [0.15, 0.2) is 16.4 Å². The quantitative estimate of drug-likeness (QED) is 0.570. The highest BCUT2D eigenvalue weighted by Gasteiger charge is 2.27. The highest BCUT2D eigenvalue weighted by atomic mass is 32.1. The van der Waals surface area contributed by atoms with E-state index in [0.717, 1.165) is 25.9 Å². The van der Waals surface area contributed by atoms with E-state index in [1.807, 2.05) is 13.0 Å². The lowest BCUT2D eigenvalue weighted by molar-refractivity contribution is -0.127. The Labute approximate surface area is 187 Å². The Morgan fingerprint density at radius 3 is 2.61 bits per heavy atom. The van der Waals surface area contributed by atoms with Crippen molar-refractivity contribution in [1.29, 1.82) is 0 Å². The maximum absolute atomic E-state index is 12.5. The van der Waals surface area contributed by atoms with Gasteiger partial charge in [0.1, 0.15) is 0 Å². The van der Waals surface area contributed by atoms with E-state index in [2.05, 4.69) is 29.2 Å². The third kappa shape index (κ3) is 5.82. The second-order valence-corrected chi connectivity index (χ2v) is 8.89. The number of likely N-dealkylation sites (tertiary alicyclic amines) is 1. The predicted octanol–water partition coefficient (Wildman–Crippen LogP) is 2.38. The molecule has 170 valence electrons. The Balaban J connectivity index is 1.65. The number of piperidine rings is 1. The van der Waals surface area contributed by atoms with Crippen molar-refractivity contribution in [2.75, 3.05) is 13.1 Å². The third-order valence-electron chi connectivity index (χ3n) is 5.91. The van der Waals surface area contributed by atoms with Gasteiger partial charge in [0.05, 0.1) is 12.9 Å². The number of nitrogens with two attached hydrogens (primary N) is 1. The molecule has 0 radical (unpaired) electrons. The third-order valence-corrected chi connectivity index (χ3v) is 6.34. The Morgan fingerprint density at radius 2 is 2.03 bits per heavy atom. The molecular weight excluding hydrogens is 416 g/mol. The SMILES string of the molecule is CC(C)C(C)NC(=O)C1CCN(Cn2nc(-c3ccco3)n(CCC(N)=O)c2=S)CC1. The number of furan rings is 1. The van der Waals surface area contributed by atoms with E-state index >= 15 is 0 Å². The summed E-state index contributed by atoms with van der Waals surface area (Å²) in [6.07, 6.45) is 3.35. The average molecular weight is 449 g/mol. The van der Waals surface area contributed by atoms with Crippen molar-refractivity contribution in [3.8, 4) is 11.6 Å². The minimum absolute atomic E-state index is 0.0391. The van der Waals surface area contributed by atoms with Crippen LogP contribution in [0.2, 0.25) is 0 Å². The van der Waals surface area contributed by atoms with Gasteiger partial charge in [0, 0.05) is 38.0 Å². The standard InChI is InChI=1S/C21H32N6O3S/c1-14(2)15(3)23-20(29)16-6-9-25(10-7-16)13-27-21(31)26(11-8-18(22)28)19(24-27)17-5-4-12-30-17/h4-5,12,14-16H,6-11,13H2,1-3H3,(H2,22,28)(H,23,29). The summed E-state index contributed by atoms with van der Waals surface area (Å²) >= 11 is 5.62. The van der Waals surface area contributed by atoms with Crippen molar-refractivity contribution >= 4 is 24.0 Å². The van der Waals surface area contributed by atoms with Crippen molar-refractivity contribution in [3.63, 3.8) is 0 Å². The van der Waals surface area contributed by atoms with Gasteiger partial charge in [0.2, 0.25) is 11.8 Å². The lowest BCUT2D eigenvalue weighted by Crippen LogP contribution is -2.44. The molecule has 2 amide bonds. The van der Waals surface area contributed by atoms with Crippen LogP contribution < -0.4 is 11.1 Å². The van der Waals surface area contributed by atoms with Gasteiger partial charge in [-0.05, 0) is 50.0 Å². The average Bonchev–Trinajstić information content (AvgIpc) is 3.35. The number of amides is 2. The molecule has 2 aromatic rings. The molecule has 0 saturated carbocycles. The topological polar surface area (TPSA) is 111 Å². The molecule has 1 aliphatic rings. The Bertz CT molecular complexity index is 941. The summed E-state index contributed by atoms with van der Waals surface area (Å²) in [5.74, 6) is 1.37. The highest BCUT2D eigenvalue weighted by molar-refractivity contribution is 7.71. The molecule has 0 bridgehead atoms. The van der Waals surface area contributed by atoms with E-state index in [1.165, 1.54) is 0 Å². The van der Waals surface area contributed by atoms with Gasteiger partial charge in [-0.15, -0.1) is 5.10 Å². The monoisotopic (exact) mass is 448 g/mol. The summed E-state index contributed by atoms with van der Waals surface area (Å²) in [7, 11) is 0. The van der Waals surface area contributed by atoms with Gasteiger partial charge in [-0.2, -0.15) is 0 Å². The van der Waals surface area contributed by atoms with E-state index in [4.69, 9.17) is 22.4 Å². The second-order valence-electron chi connectivity index (χ2n) is 8.53. The highest BCUT2D eigenvalue weighted by Crippen LogP contribution is 2.22. The molecule has 1 atom stereocenters. The molecule has 3 N–H and O–H groups in total. The summed E-state index contributed by atoms with van der Waals surface area (Å²) in [5.41, 5.74) is 5.32.